The highest BCUT2D eigenvalue weighted by atomic mass is 16.2. The summed E-state index contributed by atoms with van der Waals surface area (Å²) >= 11 is 0. The molecule has 0 N–H and O–H groups in total. The summed E-state index contributed by atoms with van der Waals surface area (Å²) in [6.45, 7) is 0. The number of hydrogen-bond acceptors (Lipinski definition) is 4. The van der Waals surface area contributed by atoms with Crippen LogP contribution in [0.4, 0.5) is 11.4 Å². The minimum atomic E-state index is -0.458. The molecule has 244 valence electrons. The van der Waals surface area contributed by atoms with Crippen LogP contribution in [0.25, 0.3) is 32.3 Å². The quantitative estimate of drug-likeness (QED) is 0.177. The highest BCUT2D eigenvalue weighted by molar-refractivity contribution is 6.43. The molecule has 2 saturated carbocycles. The van der Waals surface area contributed by atoms with Crippen LogP contribution >= 0.6 is 0 Å². The van der Waals surface area contributed by atoms with E-state index in [4.69, 9.17) is 0 Å². The Kier molecular flexibility index (Phi) is 6.41. The first-order chi connectivity index (χ1) is 24.5. The van der Waals surface area contributed by atoms with E-state index in [1.807, 2.05) is 48.5 Å². The maximum atomic E-state index is 14.4. The Bertz CT molecular complexity index is 2260. The Morgan fingerprint density at radius 2 is 0.700 bits per heavy atom. The zero-order valence-corrected chi connectivity index (χ0v) is 27.6. The average molecular weight is 655 g/mol. The molecular formula is C44H34N2O4. The Morgan fingerprint density at radius 3 is 1.04 bits per heavy atom. The van der Waals surface area contributed by atoms with Crippen LogP contribution in [0.1, 0.15) is 116 Å². The molecule has 50 heavy (non-hydrogen) atoms. The fourth-order valence-corrected chi connectivity index (χ4v) is 9.50. The lowest BCUT2D eigenvalue weighted by molar-refractivity contribution is 0.0873. The number of amides is 4. The number of anilines is 2. The summed E-state index contributed by atoms with van der Waals surface area (Å²) in [7, 11) is 0. The SMILES string of the molecule is O=C1c2ccc3c4c(ccc(c24)C(=O)N1c1ccc(C2CCCC2)c2ccccc12)C(=O)N(c1ccc(C2CCCC2)c2ccccc12)C3=O. The largest absolute Gasteiger partial charge is 0.268 e. The fraction of sp³-hybridized carbons (Fsp3) is 0.227. The Labute approximate surface area is 289 Å². The van der Waals surface area contributed by atoms with E-state index in [9.17, 15) is 19.2 Å². The summed E-state index contributed by atoms with van der Waals surface area (Å²) in [5.74, 6) is -0.893. The fourth-order valence-electron chi connectivity index (χ4n) is 9.50. The Hall–Kier alpha value is -5.62. The molecule has 0 spiro atoms. The molecule has 0 radical (unpaired) electrons. The summed E-state index contributed by atoms with van der Waals surface area (Å²) in [5.41, 5.74) is 4.86. The van der Waals surface area contributed by atoms with E-state index in [1.165, 1.54) is 46.6 Å². The van der Waals surface area contributed by atoms with Crippen molar-refractivity contribution in [3.8, 4) is 0 Å². The van der Waals surface area contributed by atoms with Gasteiger partial charge in [0.25, 0.3) is 23.6 Å². The van der Waals surface area contributed by atoms with E-state index in [0.717, 1.165) is 47.2 Å². The van der Waals surface area contributed by atoms with Gasteiger partial charge in [-0.05, 0) is 95.8 Å². The smallest absolute Gasteiger partial charge is 0.266 e. The lowest BCUT2D eigenvalue weighted by Crippen LogP contribution is -2.43. The predicted octanol–water partition coefficient (Wildman–Crippen LogP) is 10.1. The summed E-state index contributed by atoms with van der Waals surface area (Å²) in [6, 6.07) is 30.6. The van der Waals surface area contributed by atoms with Crippen molar-refractivity contribution in [2.75, 3.05) is 9.80 Å². The first-order valence-corrected chi connectivity index (χ1v) is 17.9. The molecule has 0 atom stereocenters. The second kappa shape index (κ2) is 10.9. The Balaban J connectivity index is 1.09. The molecule has 6 aromatic carbocycles. The Morgan fingerprint density at radius 1 is 0.380 bits per heavy atom. The standard InChI is InChI=1S/C44H34N2O4/c47-41-33-17-19-35-40-36(44(50)46(43(35)49)38-24-22-28(26-11-3-4-12-26)30-14-6-8-16-32(30)38)20-18-34(39(33)40)42(48)45(41)37-23-21-27(25-9-1-2-10-25)29-13-5-7-15-31(29)37/h5-8,13-26H,1-4,9-12H2. The van der Waals surface area contributed by atoms with Gasteiger partial charge in [-0.15, -0.1) is 0 Å². The summed E-state index contributed by atoms with van der Waals surface area (Å²) in [4.78, 5) is 60.1. The van der Waals surface area contributed by atoms with Crippen LogP contribution in [0.2, 0.25) is 0 Å². The molecule has 0 unspecified atom stereocenters. The van der Waals surface area contributed by atoms with Crippen molar-refractivity contribution in [1.29, 1.82) is 0 Å². The number of rotatable bonds is 4. The predicted molar refractivity (Wildman–Crippen MR) is 197 cm³/mol. The molecule has 6 heteroatoms. The van der Waals surface area contributed by atoms with Gasteiger partial charge in [0.2, 0.25) is 0 Å². The number of benzene rings is 6. The van der Waals surface area contributed by atoms with Gasteiger partial charge in [-0.3, -0.25) is 19.2 Å². The topological polar surface area (TPSA) is 74.8 Å². The average Bonchev–Trinajstić information content (AvgIpc) is 3.89. The van der Waals surface area contributed by atoms with Crippen molar-refractivity contribution >= 4 is 67.3 Å². The maximum Gasteiger partial charge on any atom is 0.266 e. The number of carbonyl (C=O) groups is 4. The lowest BCUT2D eigenvalue weighted by Gasteiger charge is -2.33. The van der Waals surface area contributed by atoms with Gasteiger partial charge in [0.15, 0.2) is 0 Å². The maximum absolute atomic E-state index is 14.4. The third kappa shape index (κ3) is 4.02. The molecule has 2 aliphatic carbocycles. The van der Waals surface area contributed by atoms with Crippen molar-refractivity contribution in [2.45, 2.75) is 63.2 Å². The van der Waals surface area contributed by atoms with Crippen molar-refractivity contribution in [3.05, 3.63) is 130 Å². The first kappa shape index (κ1) is 29.3. The van der Waals surface area contributed by atoms with E-state index >= 15 is 0 Å². The minimum absolute atomic E-state index is 0.310. The molecule has 2 fully saturated rings. The van der Waals surface area contributed by atoms with Gasteiger partial charge in [-0.2, -0.15) is 0 Å². The molecule has 4 amide bonds. The first-order valence-electron chi connectivity index (χ1n) is 17.9. The van der Waals surface area contributed by atoms with Gasteiger partial charge in [0.05, 0.1) is 11.4 Å². The molecule has 0 aromatic heterocycles. The molecule has 6 nitrogen and oxygen atoms in total. The number of nitrogens with zero attached hydrogens (tertiary/aromatic N) is 2. The number of imide groups is 2. The van der Waals surface area contributed by atoms with E-state index < -0.39 is 23.6 Å². The van der Waals surface area contributed by atoms with E-state index in [-0.39, 0.29) is 0 Å². The van der Waals surface area contributed by atoms with Crippen molar-refractivity contribution in [2.24, 2.45) is 0 Å². The molecular weight excluding hydrogens is 620 g/mol. The van der Waals surface area contributed by atoms with Crippen LogP contribution < -0.4 is 9.80 Å². The summed E-state index contributed by atoms with van der Waals surface area (Å²) in [5, 5.41) is 4.60. The van der Waals surface area contributed by atoms with Crippen LogP contribution in [0.5, 0.6) is 0 Å². The number of hydrogen-bond donors (Lipinski definition) is 0. The highest BCUT2D eigenvalue weighted by Crippen LogP contribution is 2.46. The third-order valence-corrected chi connectivity index (χ3v) is 11.8. The molecule has 4 aliphatic rings. The van der Waals surface area contributed by atoms with Crippen molar-refractivity contribution < 1.29 is 19.2 Å². The van der Waals surface area contributed by atoms with E-state index in [1.54, 1.807) is 24.3 Å². The van der Waals surface area contributed by atoms with Gasteiger partial charge in [-0.25, -0.2) is 9.80 Å². The van der Waals surface area contributed by atoms with E-state index in [2.05, 4.69) is 24.3 Å². The second-order valence-electron chi connectivity index (χ2n) is 14.4. The van der Waals surface area contributed by atoms with Crippen LogP contribution in [0, 0.1) is 0 Å². The molecule has 0 bridgehead atoms. The van der Waals surface area contributed by atoms with E-state index in [0.29, 0.717) is 56.2 Å². The lowest BCUT2D eigenvalue weighted by atomic mass is 9.85. The number of carbonyl (C=O) groups excluding carboxylic acids is 4. The van der Waals surface area contributed by atoms with Crippen molar-refractivity contribution in [3.63, 3.8) is 0 Å². The van der Waals surface area contributed by atoms with Crippen LogP contribution in [-0.2, 0) is 0 Å². The molecule has 0 saturated heterocycles. The van der Waals surface area contributed by atoms with Gasteiger partial charge in [0, 0.05) is 43.8 Å². The number of fused-ring (bicyclic) bond motifs is 2. The van der Waals surface area contributed by atoms with Crippen LogP contribution in [0.3, 0.4) is 0 Å². The molecule has 2 heterocycles. The van der Waals surface area contributed by atoms with Gasteiger partial charge >= 0.3 is 0 Å². The van der Waals surface area contributed by atoms with Gasteiger partial charge in [0.1, 0.15) is 0 Å². The van der Waals surface area contributed by atoms with Crippen LogP contribution in [0.15, 0.2) is 97.1 Å². The summed E-state index contributed by atoms with van der Waals surface area (Å²) in [6.07, 6.45) is 9.40. The van der Waals surface area contributed by atoms with Gasteiger partial charge < -0.3 is 0 Å². The monoisotopic (exact) mass is 654 g/mol. The van der Waals surface area contributed by atoms with Crippen molar-refractivity contribution in [1.82, 2.24) is 0 Å². The normalized spacial score (nSPS) is 18.1. The molecule has 10 rings (SSSR count). The third-order valence-electron chi connectivity index (χ3n) is 11.8. The molecule has 2 aliphatic heterocycles. The zero-order chi connectivity index (χ0) is 33.7. The summed E-state index contributed by atoms with van der Waals surface area (Å²) < 4.78 is 0. The zero-order valence-electron chi connectivity index (χ0n) is 27.6. The minimum Gasteiger partial charge on any atom is -0.268 e. The van der Waals surface area contributed by atoms with Gasteiger partial charge in [-0.1, -0.05) is 86.3 Å². The highest BCUT2D eigenvalue weighted by Gasteiger charge is 2.41. The molecule has 6 aromatic rings. The second-order valence-corrected chi connectivity index (χ2v) is 14.4. The van der Waals surface area contributed by atoms with Crippen LogP contribution in [-0.4, -0.2) is 23.6 Å².